The van der Waals surface area contributed by atoms with Gasteiger partial charge in [-0.15, -0.1) is 0 Å². The fourth-order valence-electron chi connectivity index (χ4n) is 1.20. The van der Waals surface area contributed by atoms with Gasteiger partial charge in [0.1, 0.15) is 23.1 Å². The number of nitriles is 1. The van der Waals surface area contributed by atoms with E-state index in [9.17, 15) is 4.79 Å². The Morgan fingerprint density at radius 2 is 1.89 bits per heavy atom. The molecule has 94 valence electrons. The summed E-state index contributed by atoms with van der Waals surface area (Å²) in [5.74, 6) is 0.380. The molecule has 1 rings (SSSR count). The number of ether oxygens (including phenoxy) is 2. The Balaban J connectivity index is 2.97. The van der Waals surface area contributed by atoms with Crippen molar-refractivity contribution >= 4 is 11.6 Å². The molecule has 0 unspecified atom stereocenters. The molecule has 0 saturated heterocycles. The van der Waals surface area contributed by atoms with Crippen molar-refractivity contribution in [2.45, 2.75) is 0 Å². The third-order valence-corrected chi connectivity index (χ3v) is 2.12. The van der Waals surface area contributed by atoms with Crippen LogP contribution in [0.2, 0.25) is 0 Å². The molecule has 0 aromatic heterocycles. The van der Waals surface area contributed by atoms with E-state index in [4.69, 9.17) is 20.5 Å². The van der Waals surface area contributed by atoms with Crippen LogP contribution < -0.4 is 20.5 Å². The molecule has 0 aliphatic rings. The second kappa shape index (κ2) is 6.15. The van der Waals surface area contributed by atoms with Crippen molar-refractivity contribution in [3.05, 3.63) is 30.0 Å². The molecular formula is C12H13N3O3. The summed E-state index contributed by atoms with van der Waals surface area (Å²) < 4.78 is 10.2. The van der Waals surface area contributed by atoms with Gasteiger partial charge in [-0.2, -0.15) is 5.26 Å². The Bertz CT molecular complexity index is 496. The summed E-state index contributed by atoms with van der Waals surface area (Å²) in [5, 5.41) is 11.4. The topological polar surface area (TPSA) is 97.4 Å². The molecule has 0 fully saturated rings. The van der Waals surface area contributed by atoms with Gasteiger partial charge in [-0.3, -0.25) is 4.79 Å². The highest BCUT2D eigenvalue weighted by Crippen LogP contribution is 2.25. The molecule has 0 saturated carbocycles. The monoisotopic (exact) mass is 247 g/mol. The van der Waals surface area contributed by atoms with Crippen molar-refractivity contribution in [3.63, 3.8) is 0 Å². The lowest BCUT2D eigenvalue weighted by atomic mass is 10.2. The van der Waals surface area contributed by atoms with Crippen molar-refractivity contribution < 1.29 is 14.3 Å². The molecule has 6 nitrogen and oxygen atoms in total. The van der Waals surface area contributed by atoms with E-state index in [0.717, 1.165) is 0 Å². The van der Waals surface area contributed by atoms with Gasteiger partial charge in [0, 0.05) is 30.1 Å². The molecule has 1 aromatic rings. The largest absolute Gasteiger partial charge is 0.497 e. The molecular weight excluding hydrogens is 234 g/mol. The number of anilines is 1. The van der Waals surface area contributed by atoms with E-state index in [1.54, 1.807) is 24.3 Å². The fraction of sp³-hybridized carbons (Fsp3) is 0.167. The van der Waals surface area contributed by atoms with Crippen LogP contribution in [0.1, 0.15) is 0 Å². The molecule has 6 heteroatoms. The van der Waals surface area contributed by atoms with Crippen molar-refractivity contribution in [2.75, 3.05) is 19.5 Å². The molecule has 0 spiro atoms. The van der Waals surface area contributed by atoms with Crippen LogP contribution in [0.4, 0.5) is 5.69 Å². The minimum absolute atomic E-state index is 0.170. The number of nitrogens with one attached hydrogen (secondary N) is 1. The van der Waals surface area contributed by atoms with Crippen LogP contribution >= 0.6 is 0 Å². The number of rotatable bonds is 5. The lowest BCUT2D eigenvalue weighted by Gasteiger charge is -2.08. The van der Waals surface area contributed by atoms with Gasteiger partial charge in [0.05, 0.1) is 14.2 Å². The fourth-order valence-corrected chi connectivity index (χ4v) is 1.20. The van der Waals surface area contributed by atoms with Gasteiger partial charge < -0.3 is 20.5 Å². The summed E-state index contributed by atoms with van der Waals surface area (Å²) in [6.07, 6.45) is 1.23. The number of carbonyl (C=O) groups excluding carboxylic acids is 1. The van der Waals surface area contributed by atoms with E-state index < -0.39 is 5.91 Å². The number of hydrogen-bond acceptors (Lipinski definition) is 5. The minimum Gasteiger partial charge on any atom is -0.497 e. The number of carbonyl (C=O) groups is 1. The van der Waals surface area contributed by atoms with Crippen LogP contribution in [-0.2, 0) is 4.79 Å². The van der Waals surface area contributed by atoms with Gasteiger partial charge in [0.2, 0.25) is 0 Å². The summed E-state index contributed by atoms with van der Waals surface area (Å²) in [6, 6.07) is 6.77. The highest BCUT2D eigenvalue weighted by molar-refractivity contribution is 5.96. The standard InChI is InChI=1S/C12H13N3O3/c1-17-10-3-9(4-11(5-10)18-2)15-7-8(6-13)12(14)16/h3-5,7,15H,1-2H3,(H2,14,16). The number of hydrogen-bond donors (Lipinski definition) is 2. The SMILES string of the molecule is COc1cc(NC=C(C#N)C(N)=O)cc(OC)c1. The second-order valence-corrected chi connectivity index (χ2v) is 3.28. The van der Waals surface area contributed by atoms with Gasteiger partial charge in [-0.1, -0.05) is 0 Å². The molecule has 0 aliphatic carbocycles. The zero-order chi connectivity index (χ0) is 13.5. The number of nitrogens with two attached hydrogens (primary N) is 1. The molecule has 0 aliphatic heterocycles. The van der Waals surface area contributed by atoms with Crippen molar-refractivity contribution in [1.29, 1.82) is 5.26 Å². The first-order chi connectivity index (χ1) is 8.60. The Morgan fingerprint density at radius 3 is 2.28 bits per heavy atom. The Kier molecular flexibility index (Phi) is 4.58. The van der Waals surface area contributed by atoms with Gasteiger partial charge in [-0.05, 0) is 0 Å². The average Bonchev–Trinajstić information content (AvgIpc) is 2.38. The van der Waals surface area contributed by atoms with Crippen molar-refractivity contribution in [2.24, 2.45) is 5.73 Å². The lowest BCUT2D eigenvalue weighted by molar-refractivity contribution is -0.114. The first kappa shape index (κ1) is 13.4. The van der Waals surface area contributed by atoms with Crippen LogP contribution in [0.25, 0.3) is 0 Å². The normalized spacial score (nSPS) is 10.4. The predicted molar refractivity (Wildman–Crippen MR) is 66.1 cm³/mol. The third kappa shape index (κ3) is 3.42. The quantitative estimate of drug-likeness (QED) is 0.597. The van der Waals surface area contributed by atoms with E-state index in [1.165, 1.54) is 20.4 Å². The maximum absolute atomic E-state index is 10.8. The van der Waals surface area contributed by atoms with E-state index in [2.05, 4.69) is 5.32 Å². The molecule has 0 heterocycles. The maximum atomic E-state index is 10.8. The second-order valence-electron chi connectivity index (χ2n) is 3.28. The number of nitrogens with zero attached hydrogens (tertiary/aromatic N) is 1. The van der Waals surface area contributed by atoms with Gasteiger partial charge in [0.25, 0.3) is 5.91 Å². The van der Waals surface area contributed by atoms with Gasteiger partial charge in [-0.25, -0.2) is 0 Å². The van der Waals surface area contributed by atoms with Crippen LogP contribution in [0.3, 0.4) is 0 Å². The summed E-state index contributed by atoms with van der Waals surface area (Å²) in [4.78, 5) is 10.8. The molecule has 1 amide bonds. The number of amides is 1. The molecule has 0 radical (unpaired) electrons. The molecule has 3 N–H and O–H groups in total. The summed E-state index contributed by atoms with van der Waals surface area (Å²) >= 11 is 0. The predicted octanol–water partition coefficient (Wildman–Crippen LogP) is 1.01. The molecule has 1 aromatic carbocycles. The van der Waals surface area contributed by atoms with Crippen LogP contribution in [-0.4, -0.2) is 20.1 Å². The first-order valence-electron chi connectivity index (χ1n) is 5.00. The molecule has 0 atom stereocenters. The van der Waals surface area contributed by atoms with E-state index in [1.807, 2.05) is 0 Å². The Labute approximate surface area is 105 Å². The summed E-state index contributed by atoms with van der Waals surface area (Å²) in [7, 11) is 3.05. The third-order valence-electron chi connectivity index (χ3n) is 2.12. The maximum Gasteiger partial charge on any atom is 0.260 e. The summed E-state index contributed by atoms with van der Waals surface area (Å²) in [6.45, 7) is 0. The number of methoxy groups -OCH3 is 2. The van der Waals surface area contributed by atoms with Crippen molar-refractivity contribution in [1.82, 2.24) is 0 Å². The van der Waals surface area contributed by atoms with Crippen molar-refractivity contribution in [3.8, 4) is 17.6 Å². The zero-order valence-corrected chi connectivity index (χ0v) is 10.1. The van der Waals surface area contributed by atoms with Crippen LogP contribution in [0.5, 0.6) is 11.5 Å². The Morgan fingerprint density at radius 1 is 1.33 bits per heavy atom. The average molecular weight is 247 g/mol. The highest BCUT2D eigenvalue weighted by atomic mass is 16.5. The molecule has 18 heavy (non-hydrogen) atoms. The van der Waals surface area contributed by atoms with E-state index in [0.29, 0.717) is 17.2 Å². The zero-order valence-electron chi connectivity index (χ0n) is 10.1. The number of benzene rings is 1. The number of primary amides is 1. The smallest absolute Gasteiger partial charge is 0.260 e. The first-order valence-corrected chi connectivity index (χ1v) is 5.00. The van der Waals surface area contributed by atoms with E-state index >= 15 is 0 Å². The van der Waals surface area contributed by atoms with E-state index in [-0.39, 0.29) is 5.57 Å². The Hall–Kier alpha value is -2.68. The van der Waals surface area contributed by atoms with Gasteiger partial charge in [0.15, 0.2) is 0 Å². The molecule has 0 bridgehead atoms. The summed E-state index contributed by atoms with van der Waals surface area (Å²) in [5.41, 5.74) is 5.45. The lowest BCUT2D eigenvalue weighted by Crippen LogP contribution is -2.13. The minimum atomic E-state index is -0.792. The van der Waals surface area contributed by atoms with Gasteiger partial charge >= 0.3 is 0 Å². The van der Waals surface area contributed by atoms with Crippen LogP contribution in [0.15, 0.2) is 30.0 Å². The highest BCUT2D eigenvalue weighted by Gasteiger charge is 2.04. The van der Waals surface area contributed by atoms with Crippen LogP contribution in [0, 0.1) is 11.3 Å².